The first-order chi connectivity index (χ1) is 10.6. The lowest BCUT2D eigenvalue weighted by molar-refractivity contribution is 0.0697. The van der Waals surface area contributed by atoms with Crippen molar-refractivity contribution in [2.45, 2.75) is 18.9 Å². The third-order valence-corrected chi connectivity index (χ3v) is 3.56. The number of carbonyl (C=O) groups excluding carboxylic acids is 1. The molecule has 1 fully saturated rings. The second-order valence-electron chi connectivity index (χ2n) is 5.17. The number of amides is 1. The number of carbonyl (C=O) groups is 2. The van der Waals surface area contributed by atoms with Crippen molar-refractivity contribution in [3.05, 3.63) is 42.5 Å². The highest BCUT2D eigenvalue weighted by atomic mass is 16.5. The van der Waals surface area contributed by atoms with Gasteiger partial charge in [-0.1, -0.05) is 12.7 Å². The van der Waals surface area contributed by atoms with Gasteiger partial charge in [-0.25, -0.2) is 9.59 Å². The maximum atomic E-state index is 11.6. The summed E-state index contributed by atoms with van der Waals surface area (Å²) in [5.74, 6) is -0.935. The van der Waals surface area contributed by atoms with Crippen molar-refractivity contribution in [3.63, 3.8) is 0 Å². The Hall–Kier alpha value is -2.50. The topological polar surface area (TPSA) is 78.9 Å². The van der Waals surface area contributed by atoms with Gasteiger partial charge >= 0.3 is 12.1 Å². The number of nitrogens with zero attached hydrogens (tertiary/aromatic N) is 1. The monoisotopic (exact) mass is 304 g/mol. The van der Waals surface area contributed by atoms with E-state index < -0.39 is 12.1 Å². The molecule has 1 aromatic rings. The molecule has 6 heteroatoms. The summed E-state index contributed by atoms with van der Waals surface area (Å²) < 4.78 is 4.93. The standard InChI is InChI=1S/C16H20N2O4/c1-2-10-22-16(21)17-13-4-3-9-18(11-13)14-7-5-12(6-8-14)15(19)20/h2,5-8,13H,1,3-4,9-11H2,(H,17,21)(H,19,20). The van der Waals surface area contributed by atoms with Crippen LogP contribution in [0, 0.1) is 0 Å². The highest BCUT2D eigenvalue weighted by Crippen LogP contribution is 2.20. The van der Waals surface area contributed by atoms with E-state index in [2.05, 4.69) is 16.8 Å². The van der Waals surface area contributed by atoms with Gasteiger partial charge < -0.3 is 20.1 Å². The van der Waals surface area contributed by atoms with Gasteiger partial charge in [-0.05, 0) is 37.1 Å². The number of rotatable bonds is 5. The SMILES string of the molecule is C=CCOC(=O)NC1CCCN(c2ccc(C(=O)O)cc2)C1. The van der Waals surface area contributed by atoms with Gasteiger partial charge in [-0.2, -0.15) is 0 Å². The number of carboxylic acid groups (broad SMARTS) is 1. The van der Waals surface area contributed by atoms with Crippen LogP contribution < -0.4 is 10.2 Å². The van der Waals surface area contributed by atoms with Crippen LogP contribution in [-0.4, -0.2) is 42.9 Å². The van der Waals surface area contributed by atoms with Crippen LogP contribution in [0.25, 0.3) is 0 Å². The zero-order chi connectivity index (χ0) is 15.9. The van der Waals surface area contributed by atoms with Crippen LogP contribution in [0.15, 0.2) is 36.9 Å². The van der Waals surface area contributed by atoms with Gasteiger partial charge in [0.25, 0.3) is 0 Å². The molecular formula is C16H20N2O4. The largest absolute Gasteiger partial charge is 0.478 e. The number of anilines is 1. The molecule has 22 heavy (non-hydrogen) atoms. The van der Waals surface area contributed by atoms with Gasteiger partial charge in [0.1, 0.15) is 6.61 Å². The number of hydrogen-bond donors (Lipinski definition) is 2. The fraction of sp³-hybridized carbons (Fsp3) is 0.375. The maximum absolute atomic E-state index is 11.6. The van der Waals surface area contributed by atoms with E-state index in [1.165, 1.54) is 6.08 Å². The molecule has 1 aliphatic rings. The zero-order valence-corrected chi connectivity index (χ0v) is 12.3. The Morgan fingerprint density at radius 3 is 2.77 bits per heavy atom. The zero-order valence-electron chi connectivity index (χ0n) is 12.3. The molecule has 1 atom stereocenters. The van der Waals surface area contributed by atoms with Gasteiger partial charge in [0, 0.05) is 24.8 Å². The molecule has 0 saturated carbocycles. The van der Waals surface area contributed by atoms with Gasteiger partial charge in [0.05, 0.1) is 5.56 Å². The van der Waals surface area contributed by atoms with Crippen LogP contribution >= 0.6 is 0 Å². The highest BCUT2D eigenvalue weighted by molar-refractivity contribution is 5.88. The number of ether oxygens (including phenoxy) is 1. The number of carboxylic acids is 1. The van der Waals surface area contributed by atoms with Crippen molar-refractivity contribution in [1.29, 1.82) is 0 Å². The minimum Gasteiger partial charge on any atom is -0.478 e. The average molecular weight is 304 g/mol. The molecule has 1 heterocycles. The van der Waals surface area contributed by atoms with Crippen molar-refractivity contribution < 1.29 is 19.4 Å². The molecule has 0 spiro atoms. The second-order valence-corrected chi connectivity index (χ2v) is 5.17. The van der Waals surface area contributed by atoms with Crippen LogP contribution in [0.1, 0.15) is 23.2 Å². The minimum atomic E-state index is -0.935. The summed E-state index contributed by atoms with van der Waals surface area (Å²) in [6.07, 6.45) is 2.93. The van der Waals surface area contributed by atoms with Gasteiger partial charge in [-0.15, -0.1) is 0 Å². The summed E-state index contributed by atoms with van der Waals surface area (Å²) in [7, 11) is 0. The summed E-state index contributed by atoms with van der Waals surface area (Å²) >= 11 is 0. The van der Waals surface area contributed by atoms with E-state index >= 15 is 0 Å². The van der Waals surface area contributed by atoms with E-state index in [1.807, 2.05) is 0 Å². The maximum Gasteiger partial charge on any atom is 0.407 e. The number of piperidine rings is 1. The second kappa shape index (κ2) is 7.49. The molecule has 2 N–H and O–H groups in total. The Morgan fingerprint density at radius 1 is 1.41 bits per heavy atom. The normalized spacial score (nSPS) is 17.6. The van der Waals surface area contributed by atoms with Crippen LogP contribution in [0.3, 0.4) is 0 Å². The summed E-state index contributed by atoms with van der Waals surface area (Å²) in [4.78, 5) is 24.6. The average Bonchev–Trinajstić information content (AvgIpc) is 2.53. The van der Waals surface area contributed by atoms with Crippen molar-refractivity contribution in [2.75, 3.05) is 24.6 Å². The molecule has 2 rings (SSSR count). The van der Waals surface area contributed by atoms with E-state index in [-0.39, 0.29) is 18.2 Å². The summed E-state index contributed by atoms with van der Waals surface area (Å²) in [5, 5.41) is 11.8. The number of nitrogens with one attached hydrogen (secondary N) is 1. The first kappa shape index (κ1) is 15.9. The van der Waals surface area contributed by atoms with E-state index in [1.54, 1.807) is 24.3 Å². The Kier molecular flexibility index (Phi) is 5.41. The van der Waals surface area contributed by atoms with E-state index in [9.17, 15) is 9.59 Å². The minimum absolute atomic E-state index is 0.0187. The quantitative estimate of drug-likeness (QED) is 0.816. The molecule has 6 nitrogen and oxygen atoms in total. The molecule has 0 radical (unpaired) electrons. The van der Waals surface area contributed by atoms with E-state index in [0.29, 0.717) is 6.54 Å². The summed E-state index contributed by atoms with van der Waals surface area (Å²) in [5.41, 5.74) is 1.22. The van der Waals surface area contributed by atoms with Crippen LogP contribution in [0.5, 0.6) is 0 Å². The number of hydrogen-bond acceptors (Lipinski definition) is 4. The van der Waals surface area contributed by atoms with E-state index in [4.69, 9.17) is 9.84 Å². The molecular weight excluding hydrogens is 284 g/mol. The lowest BCUT2D eigenvalue weighted by atomic mass is 10.0. The Bertz CT molecular complexity index is 542. The first-order valence-electron chi connectivity index (χ1n) is 7.22. The predicted molar refractivity (Wildman–Crippen MR) is 83.3 cm³/mol. The molecule has 0 bridgehead atoms. The fourth-order valence-electron chi connectivity index (χ4n) is 2.49. The molecule has 1 saturated heterocycles. The smallest absolute Gasteiger partial charge is 0.407 e. The van der Waals surface area contributed by atoms with E-state index in [0.717, 1.165) is 25.1 Å². The van der Waals surface area contributed by atoms with Gasteiger partial charge in [0.15, 0.2) is 0 Å². The lowest BCUT2D eigenvalue weighted by Crippen LogP contribution is -2.48. The Morgan fingerprint density at radius 2 is 2.14 bits per heavy atom. The molecule has 1 amide bonds. The highest BCUT2D eigenvalue weighted by Gasteiger charge is 2.22. The summed E-state index contributed by atoms with van der Waals surface area (Å²) in [6.45, 7) is 5.25. The third-order valence-electron chi connectivity index (χ3n) is 3.56. The third kappa shape index (κ3) is 4.25. The molecule has 1 aliphatic heterocycles. The number of aromatic carboxylic acids is 1. The summed E-state index contributed by atoms with van der Waals surface area (Å²) in [6, 6.07) is 6.79. The van der Waals surface area contributed by atoms with Crippen molar-refractivity contribution in [3.8, 4) is 0 Å². The van der Waals surface area contributed by atoms with Crippen LogP contribution in [-0.2, 0) is 4.74 Å². The Labute approximate surface area is 129 Å². The fourth-order valence-corrected chi connectivity index (χ4v) is 2.49. The number of benzene rings is 1. The van der Waals surface area contributed by atoms with Crippen molar-refractivity contribution in [1.82, 2.24) is 5.32 Å². The van der Waals surface area contributed by atoms with Crippen molar-refractivity contribution >= 4 is 17.7 Å². The van der Waals surface area contributed by atoms with Gasteiger partial charge in [-0.3, -0.25) is 0 Å². The lowest BCUT2D eigenvalue weighted by Gasteiger charge is -2.34. The molecule has 118 valence electrons. The molecule has 0 aliphatic carbocycles. The molecule has 1 aromatic carbocycles. The van der Waals surface area contributed by atoms with Crippen LogP contribution in [0.2, 0.25) is 0 Å². The first-order valence-corrected chi connectivity index (χ1v) is 7.22. The van der Waals surface area contributed by atoms with Gasteiger partial charge in [0.2, 0.25) is 0 Å². The van der Waals surface area contributed by atoms with Crippen LogP contribution in [0.4, 0.5) is 10.5 Å². The Balaban J connectivity index is 1.93. The molecule has 0 aromatic heterocycles. The predicted octanol–water partition coefficient (Wildman–Crippen LogP) is 2.27. The molecule has 1 unspecified atom stereocenters. The van der Waals surface area contributed by atoms with Crippen molar-refractivity contribution in [2.24, 2.45) is 0 Å². The number of alkyl carbamates (subject to hydrolysis) is 1.